The lowest BCUT2D eigenvalue weighted by Gasteiger charge is -2.17. The van der Waals surface area contributed by atoms with E-state index in [0.717, 1.165) is 16.5 Å². The lowest BCUT2D eigenvalue weighted by Crippen LogP contribution is -2.16. The van der Waals surface area contributed by atoms with Crippen LogP contribution in [-0.2, 0) is 4.79 Å². The molecule has 1 amide bonds. The number of benzene rings is 3. The molecular formula is C23H18ClN3O3. The molecule has 3 aromatic carbocycles. The summed E-state index contributed by atoms with van der Waals surface area (Å²) in [5.41, 5.74) is 3.11. The van der Waals surface area contributed by atoms with E-state index in [0.29, 0.717) is 16.3 Å². The van der Waals surface area contributed by atoms with Gasteiger partial charge in [0.1, 0.15) is 0 Å². The van der Waals surface area contributed by atoms with Crippen molar-refractivity contribution in [3.05, 3.63) is 105 Å². The number of nitro groups is 1. The van der Waals surface area contributed by atoms with Gasteiger partial charge in [0.25, 0.3) is 5.69 Å². The van der Waals surface area contributed by atoms with Crippen LogP contribution in [0.2, 0.25) is 5.02 Å². The van der Waals surface area contributed by atoms with Crippen molar-refractivity contribution in [1.29, 1.82) is 0 Å². The molecule has 1 unspecified atom stereocenters. The minimum absolute atomic E-state index is 0.0150. The normalized spacial score (nSPS) is 11.9. The number of hydrogen-bond donors (Lipinski definition) is 2. The third-order valence-electron chi connectivity index (χ3n) is 4.98. The van der Waals surface area contributed by atoms with Crippen LogP contribution in [0.1, 0.15) is 23.5 Å². The molecule has 1 atom stereocenters. The van der Waals surface area contributed by atoms with Gasteiger partial charge in [-0.1, -0.05) is 41.9 Å². The summed E-state index contributed by atoms with van der Waals surface area (Å²) in [6.07, 6.45) is 1.95. The van der Waals surface area contributed by atoms with E-state index in [1.807, 2.05) is 48.7 Å². The van der Waals surface area contributed by atoms with Crippen molar-refractivity contribution in [3.8, 4) is 0 Å². The number of para-hydroxylation sites is 1. The molecule has 30 heavy (non-hydrogen) atoms. The van der Waals surface area contributed by atoms with Gasteiger partial charge in [0.05, 0.1) is 4.92 Å². The third kappa shape index (κ3) is 4.18. The Balaban J connectivity index is 1.74. The van der Waals surface area contributed by atoms with Crippen LogP contribution in [0.25, 0.3) is 10.9 Å². The number of anilines is 1. The fraction of sp³-hybridized carbons (Fsp3) is 0.0870. The van der Waals surface area contributed by atoms with Crippen molar-refractivity contribution in [2.75, 3.05) is 5.32 Å². The Bertz CT molecular complexity index is 1220. The molecule has 4 aromatic rings. The number of nitrogens with one attached hydrogen (secondary N) is 2. The Kier molecular flexibility index (Phi) is 5.50. The Morgan fingerprint density at radius 3 is 2.63 bits per heavy atom. The van der Waals surface area contributed by atoms with E-state index in [9.17, 15) is 14.9 Å². The first-order chi connectivity index (χ1) is 14.5. The Morgan fingerprint density at radius 1 is 1.07 bits per heavy atom. The van der Waals surface area contributed by atoms with Crippen LogP contribution in [0, 0.1) is 10.1 Å². The topological polar surface area (TPSA) is 88.0 Å². The highest BCUT2D eigenvalue weighted by Gasteiger charge is 2.23. The highest BCUT2D eigenvalue weighted by molar-refractivity contribution is 6.31. The number of non-ortho nitro benzene ring substituents is 1. The second-order valence-electron chi connectivity index (χ2n) is 6.96. The number of fused-ring (bicyclic) bond motifs is 1. The van der Waals surface area contributed by atoms with Gasteiger partial charge in [-0.25, -0.2) is 0 Å². The highest BCUT2D eigenvalue weighted by Crippen LogP contribution is 2.36. The van der Waals surface area contributed by atoms with Crippen molar-refractivity contribution in [2.24, 2.45) is 0 Å². The van der Waals surface area contributed by atoms with Crippen LogP contribution in [0.5, 0.6) is 0 Å². The van der Waals surface area contributed by atoms with Crippen LogP contribution in [0.3, 0.4) is 0 Å². The summed E-state index contributed by atoms with van der Waals surface area (Å²) < 4.78 is 0. The van der Waals surface area contributed by atoms with Crippen molar-refractivity contribution in [3.63, 3.8) is 0 Å². The molecule has 4 rings (SSSR count). The van der Waals surface area contributed by atoms with E-state index in [2.05, 4.69) is 10.3 Å². The molecule has 0 saturated heterocycles. The number of carbonyl (C=O) groups excluding carboxylic acids is 1. The second kappa shape index (κ2) is 8.39. The van der Waals surface area contributed by atoms with E-state index in [-0.39, 0.29) is 23.9 Å². The summed E-state index contributed by atoms with van der Waals surface area (Å²) in [5.74, 6) is -0.574. The number of H-pyrrole nitrogens is 1. The van der Waals surface area contributed by atoms with Gasteiger partial charge in [-0.2, -0.15) is 0 Å². The zero-order valence-corrected chi connectivity index (χ0v) is 16.6. The van der Waals surface area contributed by atoms with Gasteiger partial charge in [0.15, 0.2) is 0 Å². The number of amides is 1. The maximum atomic E-state index is 12.8. The Hall–Kier alpha value is -3.64. The van der Waals surface area contributed by atoms with Gasteiger partial charge in [0.2, 0.25) is 5.91 Å². The molecule has 0 radical (unpaired) electrons. The van der Waals surface area contributed by atoms with Crippen LogP contribution < -0.4 is 5.32 Å². The minimum Gasteiger partial charge on any atom is -0.361 e. The quantitative estimate of drug-likeness (QED) is 0.301. The summed E-state index contributed by atoms with van der Waals surface area (Å²) in [4.78, 5) is 26.9. The predicted octanol–water partition coefficient (Wildman–Crippen LogP) is 5.89. The van der Waals surface area contributed by atoms with E-state index < -0.39 is 4.92 Å². The first kappa shape index (κ1) is 19.7. The smallest absolute Gasteiger partial charge is 0.269 e. The monoisotopic (exact) mass is 419 g/mol. The molecule has 0 aliphatic rings. The minimum atomic E-state index is -0.434. The zero-order valence-electron chi connectivity index (χ0n) is 15.8. The molecule has 0 aliphatic carbocycles. The summed E-state index contributed by atoms with van der Waals surface area (Å²) in [5, 5.41) is 15.6. The molecule has 0 saturated carbocycles. The first-order valence-electron chi connectivity index (χ1n) is 9.37. The Labute approximate surface area is 177 Å². The van der Waals surface area contributed by atoms with Gasteiger partial charge < -0.3 is 10.3 Å². The molecule has 0 bridgehead atoms. The number of nitro benzene ring substituents is 1. The van der Waals surface area contributed by atoms with Gasteiger partial charge in [-0.15, -0.1) is 0 Å². The number of nitrogens with zero attached hydrogens (tertiary/aromatic N) is 1. The van der Waals surface area contributed by atoms with Crippen molar-refractivity contribution in [2.45, 2.75) is 12.3 Å². The largest absolute Gasteiger partial charge is 0.361 e. The van der Waals surface area contributed by atoms with Crippen molar-refractivity contribution < 1.29 is 9.72 Å². The zero-order chi connectivity index (χ0) is 21.1. The number of hydrogen-bond acceptors (Lipinski definition) is 3. The molecule has 2 N–H and O–H groups in total. The lowest BCUT2D eigenvalue weighted by atomic mass is 9.87. The molecule has 0 spiro atoms. The van der Waals surface area contributed by atoms with Gasteiger partial charge in [-0.05, 0) is 41.5 Å². The fourth-order valence-electron chi connectivity index (χ4n) is 3.58. The van der Waals surface area contributed by atoms with Crippen molar-refractivity contribution >= 4 is 39.8 Å². The van der Waals surface area contributed by atoms with E-state index in [1.165, 1.54) is 12.1 Å². The number of aromatic amines is 1. The van der Waals surface area contributed by atoms with E-state index in [1.54, 1.807) is 18.2 Å². The molecule has 150 valence electrons. The molecule has 1 heterocycles. The maximum absolute atomic E-state index is 12.8. The van der Waals surface area contributed by atoms with E-state index >= 15 is 0 Å². The Morgan fingerprint density at radius 2 is 1.87 bits per heavy atom. The molecule has 0 fully saturated rings. The number of carbonyl (C=O) groups is 1. The molecule has 7 heteroatoms. The summed E-state index contributed by atoms with van der Waals surface area (Å²) in [6.45, 7) is 0. The highest BCUT2D eigenvalue weighted by atomic mass is 35.5. The van der Waals surface area contributed by atoms with Crippen molar-refractivity contribution in [1.82, 2.24) is 4.98 Å². The molecular weight excluding hydrogens is 402 g/mol. The average Bonchev–Trinajstić information content (AvgIpc) is 3.15. The molecule has 0 aliphatic heterocycles. The standard InChI is InChI=1S/C23H18ClN3O3/c24-16-9-10-22-20(12-16)21(14-25-22)19(15-5-4-8-18(11-15)27(29)30)13-23(28)26-17-6-2-1-3-7-17/h1-12,14,19,25H,13H2,(H,26,28). The van der Waals surface area contributed by atoms with Gasteiger partial charge in [-0.3, -0.25) is 14.9 Å². The SMILES string of the molecule is O=C(CC(c1cccc([N+](=O)[O-])c1)c1c[nH]c2ccc(Cl)cc12)Nc1ccccc1. The second-order valence-corrected chi connectivity index (χ2v) is 7.39. The predicted molar refractivity (Wildman–Crippen MR) is 118 cm³/mol. The van der Waals surface area contributed by atoms with Crippen LogP contribution >= 0.6 is 11.6 Å². The van der Waals surface area contributed by atoms with E-state index in [4.69, 9.17) is 11.6 Å². The van der Waals surface area contributed by atoms with Crippen LogP contribution in [0.4, 0.5) is 11.4 Å². The van der Waals surface area contributed by atoms with Crippen LogP contribution in [-0.4, -0.2) is 15.8 Å². The average molecular weight is 420 g/mol. The summed E-state index contributed by atoms with van der Waals surface area (Å²) >= 11 is 6.20. The fourth-order valence-corrected chi connectivity index (χ4v) is 3.76. The number of rotatable bonds is 6. The molecule has 1 aromatic heterocycles. The van der Waals surface area contributed by atoms with Gasteiger partial charge in [0, 0.05) is 52.3 Å². The summed E-state index contributed by atoms with van der Waals surface area (Å²) in [6, 6.07) is 21.1. The maximum Gasteiger partial charge on any atom is 0.269 e. The first-order valence-corrected chi connectivity index (χ1v) is 9.75. The number of halogens is 1. The third-order valence-corrected chi connectivity index (χ3v) is 5.22. The van der Waals surface area contributed by atoms with Gasteiger partial charge >= 0.3 is 0 Å². The summed E-state index contributed by atoms with van der Waals surface area (Å²) in [7, 11) is 0. The lowest BCUT2D eigenvalue weighted by molar-refractivity contribution is -0.384. The number of aromatic nitrogens is 1. The van der Waals surface area contributed by atoms with Crippen LogP contribution in [0.15, 0.2) is 79.0 Å². The molecule has 6 nitrogen and oxygen atoms in total.